The normalized spacial score (nSPS) is 14.2. The summed E-state index contributed by atoms with van der Waals surface area (Å²) in [4.78, 5) is 5.13. The number of halogens is 3. The van der Waals surface area contributed by atoms with E-state index in [2.05, 4.69) is 9.72 Å². The molecule has 4 nitrogen and oxygen atoms in total. The molecular weight excluding hydrogens is 267 g/mol. The number of nitrogens with zero attached hydrogens (tertiary/aromatic N) is 2. The second-order valence-corrected chi connectivity index (χ2v) is 4.79. The third-order valence-electron chi connectivity index (χ3n) is 2.21. The Hall–Kier alpha value is -1.12. The van der Waals surface area contributed by atoms with Gasteiger partial charge in [0.1, 0.15) is 6.61 Å². The third-order valence-corrected chi connectivity index (χ3v) is 2.98. The van der Waals surface area contributed by atoms with E-state index in [4.69, 9.17) is 5.73 Å². The van der Waals surface area contributed by atoms with E-state index in [1.54, 1.807) is 0 Å². The second kappa shape index (κ2) is 5.25. The van der Waals surface area contributed by atoms with Crippen LogP contribution in [0.15, 0.2) is 17.8 Å². The largest absolute Gasteiger partial charge is 0.411 e. The van der Waals surface area contributed by atoms with E-state index in [-0.39, 0.29) is 6.61 Å². The van der Waals surface area contributed by atoms with Gasteiger partial charge in [-0.1, -0.05) is 0 Å². The lowest BCUT2D eigenvalue weighted by Crippen LogP contribution is -2.31. The monoisotopic (exact) mass is 279 g/mol. The Morgan fingerprint density at radius 2 is 2.28 bits per heavy atom. The standard InChI is InChI=1S/C10H12F3N3OS/c11-10(12,13)6-17-5-7(14)3-8-4-16-1-2-18-9(16)15-8/h1-2,4,7H,3,5-6,14H2. The van der Waals surface area contributed by atoms with E-state index in [9.17, 15) is 13.2 Å². The number of fused-ring (bicyclic) bond motifs is 1. The smallest absolute Gasteiger partial charge is 0.370 e. The topological polar surface area (TPSA) is 52.5 Å². The SMILES string of the molecule is NC(COCC(F)(F)F)Cc1cn2ccsc2n1. The van der Waals surface area contributed by atoms with Crippen molar-refractivity contribution < 1.29 is 17.9 Å². The fourth-order valence-electron chi connectivity index (χ4n) is 1.53. The number of alkyl halides is 3. The Labute approximate surface area is 105 Å². The number of ether oxygens (including phenoxy) is 1. The highest BCUT2D eigenvalue weighted by Gasteiger charge is 2.27. The van der Waals surface area contributed by atoms with Gasteiger partial charge in [-0.05, 0) is 0 Å². The first-order valence-corrected chi connectivity index (χ1v) is 6.13. The molecule has 0 bridgehead atoms. The first kappa shape index (κ1) is 13.3. The van der Waals surface area contributed by atoms with Gasteiger partial charge in [-0.25, -0.2) is 4.98 Å². The average Bonchev–Trinajstić information content (AvgIpc) is 2.75. The maximum atomic E-state index is 11.9. The van der Waals surface area contributed by atoms with Gasteiger partial charge in [-0.15, -0.1) is 11.3 Å². The summed E-state index contributed by atoms with van der Waals surface area (Å²) in [6, 6.07) is -0.489. The molecule has 18 heavy (non-hydrogen) atoms. The van der Waals surface area contributed by atoms with Crippen LogP contribution < -0.4 is 5.73 Å². The van der Waals surface area contributed by atoms with E-state index in [1.165, 1.54) is 11.3 Å². The van der Waals surface area contributed by atoms with Crippen LogP contribution in [0.25, 0.3) is 4.96 Å². The Kier molecular flexibility index (Phi) is 3.88. The Balaban J connectivity index is 1.80. The number of hydrogen-bond donors (Lipinski definition) is 1. The van der Waals surface area contributed by atoms with Gasteiger partial charge in [-0.3, -0.25) is 4.40 Å². The molecule has 0 saturated heterocycles. The second-order valence-electron chi connectivity index (χ2n) is 3.92. The Bertz CT molecular complexity index is 479. The summed E-state index contributed by atoms with van der Waals surface area (Å²) in [6.45, 7) is -1.40. The van der Waals surface area contributed by atoms with E-state index >= 15 is 0 Å². The fraction of sp³-hybridized carbons (Fsp3) is 0.500. The van der Waals surface area contributed by atoms with Crippen molar-refractivity contribution in [3.8, 4) is 0 Å². The summed E-state index contributed by atoms with van der Waals surface area (Å²) < 4.78 is 41.9. The predicted molar refractivity (Wildman–Crippen MR) is 61.6 cm³/mol. The van der Waals surface area contributed by atoms with Crippen molar-refractivity contribution in [2.75, 3.05) is 13.2 Å². The number of nitrogens with two attached hydrogens (primary N) is 1. The van der Waals surface area contributed by atoms with Gasteiger partial charge in [0.25, 0.3) is 0 Å². The van der Waals surface area contributed by atoms with Gasteiger partial charge in [0.15, 0.2) is 4.96 Å². The summed E-state index contributed by atoms with van der Waals surface area (Å²) >= 11 is 1.49. The van der Waals surface area contributed by atoms with Gasteiger partial charge in [0, 0.05) is 30.2 Å². The number of thiazole rings is 1. The lowest BCUT2D eigenvalue weighted by molar-refractivity contribution is -0.174. The molecule has 2 aromatic heterocycles. The molecule has 0 amide bonds. The van der Waals surface area contributed by atoms with Crippen LogP contribution in [-0.4, -0.2) is 34.8 Å². The molecule has 1 atom stereocenters. The van der Waals surface area contributed by atoms with Crippen LogP contribution in [0, 0.1) is 0 Å². The molecule has 0 spiro atoms. The Morgan fingerprint density at radius 3 is 2.94 bits per heavy atom. The molecule has 100 valence electrons. The summed E-state index contributed by atoms with van der Waals surface area (Å²) in [5.74, 6) is 0. The molecule has 2 heterocycles. The zero-order valence-corrected chi connectivity index (χ0v) is 10.2. The van der Waals surface area contributed by atoms with Crippen molar-refractivity contribution in [3.05, 3.63) is 23.5 Å². The van der Waals surface area contributed by atoms with Crippen LogP contribution in [0.4, 0.5) is 13.2 Å². The van der Waals surface area contributed by atoms with Crippen molar-refractivity contribution in [1.82, 2.24) is 9.38 Å². The predicted octanol–water partition coefficient (Wildman–Crippen LogP) is 1.84. The highest BCUT2D eigenvalue weighted by atomic mass is 32.1. The zero-order chi connectivity index (χ0) is 13.2. The van der Waals surface area contributed by atoms with Crippen molar-refractivity contribution in [2.24, 2.45) is 5.73 Å². The maximum absolute atomic E-state index is 11.9. The lowest BCUT2D eigenvalue weighted by Gasteiger charge is -2.12. The summed E-state index contributed by atoms with van der Waals surface area (Å²) in [5, 5.41) is 1.90. The molecule has 2 N–H and O–H groups in total. The minimum atomic E-state index is -4.31. The molecule has 0 radical (unpaired) electrons. The number of hydrogen-bond acceptors (Lipinski definition) is 4. The molecule has 2 rings (SSSR count). The van der Waals surface area contributed by atoms with E-state index in [0.717, 1.165) is 10.7 Å². The fourth-order valence-corrected chi connectivity index (χ4v) is 2.25. The molecule has 2 aromatic rings. The molecule has 0 aromatic carbocycles. The van der Waals surface area contributed by atoms with Gasteiger partial charge >= 0.3 is 6.18 Å². The van der Waals surface area contributed by atoms with Gasteiger partial charge in [0.05, 0.1) is 12.3 Å². The van der Waals surface area contributed by atoms with Gasteiger partial charge < -0.3 is 10.5 Å². The first-order valence-electron chi connectivity index (χ1n) is 5.25. The van der Waals surface area contributed by atoms with Gasteiger partial charge in [-0.2, -0.15) is 13.2 Å². The molecule has 0 saturated carbocycles. The lowest BCUT2D eigenvalue weighted by atomic mass is 10.2. The number of rotatable bonds is 5. The van der Waals surface area contributed by atoms with Crippen LogP contribution in [0.3, 0.4) is 0 Å². The van der Waals surface area contributed by atoms with Crippen LogP contribution in [0.1, 0.15) is 5.69 Å². The van der Waals surface area contributed by atoms with Crippen molar-refractivity contribution in [3.63, 3.8) is 0 Å². The van der Waals surface area contributed by atoms with Crippen LogP contribution in [-0.2, 0) is 11.2 Å². The molecule has 0 aliphatic carbocycles. The molecule has 0 fully saturated rings. The van der Waals surface area contributed by atoms with Crippen LogP contribution >= 0.6 is 11.3 Å². The highest BCUT2D eigenvalue weighted by Crippen LogP contribution is 2.15. The van der Waals surface area contributed by atoms with Gasteiger partial charge in [0.2, 0.25) is 0 Å². The van der Waals surface area contributed by atoms with Crippen molar-refractivity contribution in [2.45, 2.75) is 18.6 Å². The average molecular weight is 279 g/mol. The quantitative estimate of drug-likeness (QED) is 0.908. The van der Waals surface area contributed by atoms with E-state index in [1.807, 2.05) is 22.2 Å². The molecule has 0 aliphatic heterocycles. The maximum Gasteiger partial charge on any atom is 0.411 e. The molecule has 1 unspecified atom stereocenters. The molecule has 0 aliphatic rings. The highest BCUT2D eigenvalue weighted by molar-refractivity contribution is 7.15. The minimum absolute atomic E-state index is 0.134. The first-order chi connectivity index (χ1) is 8.44. The van der Waals surface area contributed by atoms with Crippen molar-refractivity contribution >= 4 is 16.3 Å². The van der Waals surface area contributed by atoms with Crippen LogP contribution in [0.5, 0.6) is 0 Å². The summed E-state index contributed by atoms with van der Waals surface area (Å²) in [7, 11) is 0. The number of aromatic nitrogens is 2. The number of imidazole rings is 1. The van der Waals surface area contributed by atoms with Crippen molar-refractivity contribution in [1.29, 1.82) is 0 Å². The Morgan fingerprint density at radius 1 is 1.50 bits per heavy atom. The minimum Gasteiger partial charge on any atom is -0.370 e. The zero-order valence-electron chi connectivity index (χ0n) is 9.35. The van der Waals surface area contributed by atoms with E-state index < -0.39 is 18.8 Å². The van der Waals surface area contributed by atoms with Crippen LogP contribution in [0.2, 0.25) is 0 Å². The molecular formula is C10H12F3N3OS. The summed E-state index contributed by atoms with van der Waals surface area (Å²) in [6.07, 6.45) is -0.235. The third kappa shape index (κ3) is 3.69. The van der Waals surface area contributed by atoms with E-state index in [0.29, 0.717) is 6.42 Å². The molecule has 8 heteroatoms. The summed E-state index contributed by atoms with van der Waals surface area (Å²) in [5.41, 5.74) is 6.44.